The number of carbonyl (C=O) groups is 1. The largest absolute Gasteiger partial charge is 0.488 e. The van der Waals surface area contributed by atoms with Crippen LogP contribution in [-0.4, -0.2) is 42.1 Å². The smallest absolute Gasteiger partial charge is 0.196 e. The fourth-order valence-corrected chi connectivity index (χ4v) is 5.42. The average Bonchev–Trinajstić information content (AvgIpc) is 3.10. The maximum absolute atomic E-state index is 12.7. The Hall–Kier alpha value is -2.12. The van der Waals surface area contributed by atoms with Crippen molar-refractivity contribution in [2.24, 2.45) is 0 Å². The van der Waals surface area contributed by atoms with E-state index in [1.54, 1.807) is 35.9 Å². The molecule has 2 aromatic rings. The minimum atomic E-state index is -3.04. The summed E-state index contributed by atoms with van der Waals surface area (Å²) < 4.78 is 30.7. The highest BCUT2D eigenvalue weighted by Crippen LogP contribution is 2.33. The number of Topliss-reactive ketones (excluding diaryl/α,β-unsaturated/α-hetero) is 1. The topological polar surface area (TPSA) is 78.3 Å². The number of fused-ring (bicyclic) bond motifs is 1. The molecule has 8 heteroatoms. The molecule has 4 rings (SSSR count). The van der Waals surface area contributed by atoms with E-state index in [4.69, 9.17) is 16.3 Å². The lowest BCUT2D eigenvalue weighted by molar-refractivity contribution is 0.100. The van der Waals surface area contributed by atoms with Gasteiger partial charge in [0.05, 0.1) is 28.8 Å². The minimum Gasteiger partial charge on any atom is -0.488 e. The molecule has 6 nitrogen and oxygen atoms in total. The summed E-state index contributed by atoms with van der Waals surface area (Å²) >= 11 is 6.48. The van der Waals surface area contributed by atoms with Gasteiger partial charge >= 0.3 is 0 Å². The van der Waals surface area contributed by atoms with Crippen molar-refractivity contribution >= 4 is 33.3 Å². The minimum absolute atomic E-state index is 0.0409. The van der Waals surface area contributed by atoms with Crippen LogP contribution in [-0.2, 0) is 9.84 Å². The third-order valence-electron chi connectivity index (χ3n) is 4.75. The van der Waals surface area contributed by atoms with Crippen LogP contribution in [0.4, 0.5) is 0 Å². The molecule has 0 bridgehead atoms. The highest BCUT2D eigenvalue weighted by molar-refractivity contribution is 7.91. The van der Waals surface area contributed by atoms with E-state index in [1.807, 2.05) is 6.07 Å². The molecule has 1 aromatic carbocycles. The van der Waals surface area contributed by atoms with Gasteiger partial charge in [-0.1, -0.05) is 23.7 Å². The van der Waals surface area contributed by atoms with Gasteiger partial charge in [-0.3, -0.25) is 4.79 Å². The van der Waals surface area contributed by atoms with Crippen molar-refractivity contribution in [2.45, 2.75) is 19.4 Å². The number of ketones is 1. The summed E-state index contributed by atoms with van der Waals surface area (Å²) in [6, 6.07) is 6.84. The van der Waals surface area contributed by atoms with Crippen LogP contribution in [0.3, 0.4) is 0 Å². The van der Waals surface area contributed by atoms with Gasteiger partial charge < -0.3 is 4.74 Å². The number of nitrogens with zero attached hydrogens (tertiary/aromatic N) is 2. The van der Waals surface area contributed by atoms with E-state index in [9.17, 15) is 13.2 Å². The highest BCUT2D eigenvalue weighted by Gasteiger charge is 2.32. The Kier molecular flexibility index (Phi) is 4.16. The lowest BCUT2D eigenvalue weighted by Gasteiger charge is -2.18. The maximum atomic E-state index is 12.7. The third kappa shape index (κ3) is 2.95. The number of ether oxygens (including phenoxy) is 1. The van der Waals surface area contributed by atoms with E-state index in [0.29, 0.717) is 39.7 Å². The molecule has 1 aromatic heterocycles. The van der Waals surface area contributed by atoms with Crippen LogP contribution in [0.25, 0.3) is 6.08 Å². The third-order valence-corrected chi connectivity index (χ3v) is 6.88. The molecular formula is C18H17ClN2O4S. The number of hydrogen-bond acceptors (Lipinski definition) is 5. The van der Waals surface area contributed by atoms with E-state index >= 15 is 0 Å². The lowest BCUT2D eigenvalue weighted by Crippen LogP contribution is -2.18. The first-order valence-corrected chi connectivity index (χ1v) is 10.5. The van der Waals surface area contributed by atoms with Gasteiger partial charge in [0.15, 0.2) is 15.6 Å². The Labute approximate surface area is 156 Å². The molecule has 26 heavy (non-hydrogen) atoms. The molecule has 0 aliphatic carbocycles. The number of halogens is 1. The summed E-state index contributed by atoms with van der Waals surface area (Å²) in [6.07, 6.45) is 2.19. The van der Waals surface area contributed by atoms with Crippen molar-refractivity contribution in [3.63, 3.8) is 0 Å². The van der Waals surface area contributed by atoms with Gasteiger partial charge in [0.25, 0.3) is 0 Å². The van der Waals surface area contributed by atoms with Crippen LogP contribution in [0.1, 0.15) is 34.1 Å². The number of benzene rings is 1. The predicted octanol–water partition coefficient (Wildman–Crippen LogP) is 2.86. The van der Waals surface area contributed by atoms with Gasteiger partial charge in [-0.15, -0.1) is 0 Å². The van der Waals surface area contributed by atoms with Crippen molar-refractivity contribution in [3.8, 4) is 5.75 Å². The van der Waals surface area contributed by atoms with Crippen molar-refractivity contribution in [2.75, 3.05) is 18.1 Å². The zero-order valence-corrected chi connectivity index (χ0v) is 15.7. The van der Waals surface area contributed by atoms with E-state index in [-0.39, 0.29) is 29.9 Å². The Morgan fingerprint density at radius 2 is 2.12 bits per heavy atom. The summed E-state index contributed by atoms with van der Waals surface area (Å²) in [7, 11) is -3.04. The zero-order chi connectivity index (χ0) is 18.5. The lowest BCUT2D eigenvalue weighted by atomic mass is 9.99. The number of aryl methyl sites for hydroxylation is 1. The van der Waals surface area contributed by atoms with E-state index in [1.165, 1.54) is 0 Å². The molecule has 1 atom stereocenters. The molecule has 136 valence electrons. The van der Waals surface area contributed by atoms with Crippen LogP contribution in [0.2, 0.25) is 5.15 Å². The van der Waals surface area contributed by atoms with Crippen molar-refractivity contribution in [1.29, 1.82) is 0 Å². The fourth-order valence-electron chi connectivity index (χ4n) is 3.36. The fraction of sp³-hybridized carbons (Fsp3) is 0.333. The van der Waals surface area contributed by atoms with Crippen molar-refractivity contribution in [3.05, 3.63) is 51.8 Å². The monoisotopic (exact) mass is 392 g/mol. The average molecular weight is 393 g/mol. The van der Waals surface area contributed by atoms with Crippen LogP contribution < -0.4 is 4.74 Å². The van der Waals surface area contributed by atoms with E-state index in [2.05, 4.69) is 5.10 Å². The predicted molar refractivity (Wildman–Crippen MR) is 98.5 cm³/mol. The molecule has 0 N–H and O–H groups in total. The van der Waals surface area contributed by atoms with Crippen LogP contribution >= 0.6 is 11.6 Å². The number of rotatable bonds is 2. The van der Waals surface area contributed by atoms with Gasteiger partial charge in [-0.25, -0.2) is 13.1 Å². The number of sulfone groups is 1. The molecule has 0 unspecified atom stereocenters. The molecule has 1 saturated heterocycles. The maximum Gasteiger partial charge on any atom is 0.196 e. The van der Waals surface area contributed by atoms with Crippen LogP contribution in [0.5, 0.6) is 5.75 Å². The zero-order valence-electron chi connectivity index (χ0n) is 14.1. The first-order chi connectivity index (χ1) is 12.4. The summed E-state index contributed by atoms with van der Waals surface area (Å²) in [5.41, 5.74) is 2.29. The van der Waals surface area contributed by atoms with Crippen molar-refractivity contribution < 1.29 is 17.9 Å². The van der Waals surface area contributed by atoms with Gasteiger partial charge in [-0.2, -0.15) is 5.10 Å². The Bertz CT molecular complexity index is 1040. The summed E-state index contributed by atoms with van der Waals surface area (Å²) in [6.45, 7) is 1.95. The Balaban J connectivity index is 1.69. The molecule has 2 aliphatic rings. The van der Waals surface area contributed by atoms with E-state index in [0.717, 1.165) is 0 Å². The molecule has 1 fully saturated rings. The molecular weight excluding hydrogens is 376 g/mol. The summed E-state index contributed by atoms with van der Waals surface area (Å²) in [4.78, 5) is 12.7. The second-order valence-electron chi connectivity index (χ2n) is 6.57. The molecule has 0 spiro atoms. The number of hydrogen-bond donors (Lipinski definition) is 0. The molecule has 0 radical (unpaired) electrons. The number of aromatic nitrogens is 2. The number of carbonyl (C=O) groups excluding carboxylic acids is 1. The standard InChI is InChI=1S/C18H17ClN2O4S/c1-11-15(18(19)21(20-11)13-6-7-26(23,24)10-13)8-12-9-25-16-5-3-2-4-14(16)17(12)22/h2-5,8,13H,6-7,9-10H2,1H3/b12-8+/t13-/m1/s1. The normalized spacial score (nSPS) is 23.1. The van der Waals surface area contributed by atoms with Crippen molar-refractivity contribution in [1.82, 2.24) is 9.78 Å². The van der Waals surface area contributed by atoms with Gasteiger partial charge in [0.2, 0.25) is 0 Å². The number of para-hydroxylation sites is 1. The second-order valence-corrected chi connectivity index (χ2v) is 9.16. The SMILES string of the molecule is Cc1nn([C@@H]2CCS(=O)(=O)C2)c(Cl)c1/C=C1\COc2ccccc2C1=O. The van der Waals surface area contributed by atoms with Crippen LogP contribution in [0.15, 0.2) is 29.8 Å². The Morgan fingerprint density at radius 3 is 2.85 bits per heavy atom. The van der Waals surface area contributed by atoms with Gasteiger partial charge in [0.1, 0.15) is 17.5 Å². The highest BCUT2D eigenvalue weighted by atomic mass is 35.5. The summed E-state index contributed by atoms with van der Waals surface area (Å²) in [5.74, 6) is 0.661. The van der Waals surface area contributed by atoms with Gasteiger partial charge in [-0.05, 0) is 31.6 Å². The molecule has 2 aliphatic heterocycles. The molecule has 3 heterocycles. The molecule has 0 saturated carbocycles. The second kappa shape index (κ2) is 6.25. The quantitative estimate of drug-likeness (QED) is 0.734. The summed E-state index contributed by atoms with van der Waals surface area (Å²) in [5, 5.41) is 4.77. The first kappa shape index (κ1) is 17.3. The Morgan fingerprint density at radius 1 is 1.35 bits per heavy atom. The van der Waals surface area contributed by atoms with Gasteiger partial charge in [0, 0.05) is 11.1 Å². The first-order valence-electron chi connectivity index (χ1n) is 8.28. The van der Waals surface area contributed by atoms with Crippen LogP contribution in [0, 0.1) is 6.92 Å². The molecule has 0 amide bonds. The van der Waals surface area contributed by atoms with E-state index < -0.39 is 9.84 Å².